The van der Waals surface area contributed by atoms with Gasteiger partial charge in [-0.1, -0.05) is 18.2 Å². The summed E-state index contributed by atoms with van der Waals surface area (Å²) in [6.45, 7) is 4.96. The Kier molecular flexibility index (Phi) is 6.49. The predicted molar refractivity (Wildman–Crippen MR) is 124 cm³/mol. The summed E-state index contributed by atoms with van der Waals surface area (Å²) in [7, 11) is -2.25. The Morgan fingerprint density at radius 3 is 2.55 bits per heavy atom. The number of hydrogen-bond donors (Lipinski definition) is 3. The number of nitro benzene ring substituents is 1. The van der Waals surface area contributed by atoms with Crippen LogP contribution >= 0.6 is 0 Å². The van der Waals surface area contributed by atoms with Gasteiger partial charge in [0.15, 0.2) is 0 Å². The molecule has 176 valence electrons. The van der Waals surface area contributed by atoms with Crippen LogP contribution in [0.25, 0.3) is 0 Å². The molecule has 0 spiro atoms. The number of amides is 1. The molecule has 1 fully saturated rings. The third-order valence-electron chi connectivity index (χ3n) is 5.82. The van der Waals surface area contributed by atoms with Crippen molar-refractivity contribution in [3.63, 3.8) is 0 Å². The van der Waals surface area contributed by atoms with Gasteiger partial charge in [-0.25, -0.2) is 13.1 Å². The van der Waals surface area contributed by atoms with E-state index in [2.05, 4.69) is 27.5 Å². The average Bonchev–Trinajstić information content (AvgIpc) is 2.80. The maximum absolute atomic E-state index is 12.8. The van der Waals surface area contributed by atoms with Crippen LogP contribution in [0.2, 0.25) is 0 Å². The predicted octanol–water partition coefficient (Wildman–Crippen LogP) is 1.17. The largest absolute Gasteiger partial charge is 0.381 e. The molecule has 1 unspecified atom stereocenters. The first-order chi connectivity index (χ1) is 15.7. The third kappa shape index (κ3) is 5.24. The Balaban J connectivity index is 1.55. The molecule has 0 saturated carbocycles. The molecule has 2 aromatic carbocycles. The van der Waals surface area contributed by atoms with E-state index >= 15 is 0 Å². The number of hydrogen-bond acceptors (Lipinski definition) is 9. The molecule has 2 aromatic rings. The van der Waals surface area contributed by atoms with Gasteiger partial charge >= 0.3 is 0 Å². The Hall–Kier alpha value is -3.22. The fraction of sp³-hybridized carbons (Fsp3) is 0.381. The number of nitrogens with zero attached hydrogens (tertiary/aromatic N) is 3. The number of nitro groups is 1. The molecule has 0 bridgehead atoms. The molecule has 1 atom stereocenters. The molecule has 1 saturated heterocycles. The molecule has 12 heteroatoms. The zero-order valence-corrected chi connectivity index (χ0v) is 19.0. The summed E-state index contributed by atoms with van der Waals surface area (Å²) in [5.74, 6) is -0.811. The maximum atomic E-state index is 12.8. The van der Waals surface area contributed by atoms with Gasteiger partial charge in [-0.15, -0.1) is 0 Å². The molecular weight excluding hydrogens is 448 g/mol. The molecule has 3 N–H and O–H groups in total. The van der Waals surface area contributed by atoms with Gasteiger partial charge < -0.3 is 15.5 Å². The minimum atomic E-state index is -4.32. The molecule has 2 aliphatic heterocycles. The zero-order chi connectivity index (χ0) is 23.6. The van der Waals surface area contributed by atoms with Crippen LogP contribution in [0.15, 0.2) is 47.4 Å². The van der Waals surface area contributed by atoms with Crippen LogP contribution in [0.3, 0.4) is 0 Å². The lowest BCUT2D eigenvalue weighted by Crippen LogP contribution is -2.50. The van der Waals surface area contributed by atoms with Gasteiger partial charge in [0.2, 0.25) is 0 Å². The summed E-state index contributed by atoms with van der Waals surface area (Å²) in [5, 5.41) is 18.1. The molecule has 1 amide bonds. The van der Waals surface area contributed by atoms with Crippen LogP contribution in [-0.2, 0) is 10.0 Å². The molecule has 2 aliphatic rings. The molecule has 0 aliphatic carbocycles. The van der Waals surface area contributed by atoms with Crippen molar-refractivity contribution in [2.24, 2.45) is 0 Å². The third-order valence-corrected chi connectivity index (χ3v) is 7.13. The van der Waals surface area contributed by atoms with E-state index in [-0.39, 0.29) is 27.9 Å². The quantitative estimate of drug-likeness (QED) is 0.416. The van der Waals surface area contributed by atoms with Crippen molar-refractivity contribution >= 4 is 33.0 Å². The van der Waals surface area contributed by atoms with E-state index < -0.39 is 20.9 Å². The van der Waals surface area contributed by atoms with Crippen molar-refractivity contribution < 1.29 is 18.1 Å². The summed E-state index contributed by atoms with van der Waals surface area (Å²) in [6, 6.07) is 10.1. The first kappa shape index (κ1) is 23.0. The number of carbonyl (C=O) groups is 1. The van der Waals surface area contributed by atoms with Gasteiger partial charge in [-0.2, -0.15) is 0 Å². The second-order valence-electron chi connectivity index (χ2n) is 8.25. The Morgan fingerprint density at radius 2 is 1.88 bits per heavy atom. The molecular formula is C21H26N6O5S. The molecule has 33 heavy (non-hydrogen) atoms. The van der Waals surface area contributed by atoms with E-state index in [4.69, 9.17) is 0 Å². The Morgan fingerprint density at radius 1 is 1.18 bits per heavy atom. The van der Waals surface area contributed by atoms with Gasteiger partial charge in [0.25, 0.3) is 21.6 Å². The minimum absolute atomic E-state index is 0.0696. The fourth-order valence-electron chi connectivity index (χ4n) is 3.96. The van der Waals surface area contributed by atoms with Gasteiger partial charge in [-0.3, -0.25) is 19.8 Å². The van der Waals surface area contributed by atoms with Crippen LogP contribution < -0.4 is 15.4 Å². The standard InChI is InChI=1S/C21H26N6O5S/c1-25-7-9-26(10-8-25)14-16-13-22-18-11-17(12-19(27(29)30)20(18)23-16)33(31,32)24-21(28)15-5-3-2-4-6-15/h2-6,11-12,16,22-23H,7-10,13-14H2,1H3,(H,24,28). The highest BCUT2D eigenvalue weighted by molar-refractivity contribution is 7.90. The lowest BCUT2D eigenvalue weighted by molar-refractivity contribution is -0.384. The normalized spacial score (nSPS) is 19.1. The van der Waals surface area contributed by atoms with Crippen molar-refractivity contribution in [1.29, 1.82) is 0 Å². The smallest absolute Gasteiger partial charge is 0.295 e. The molecule has 0 aromatic heterocycles. The second-order valence-corrected chi connectivity index (χ2v) is 9.93. The van der Waals surface area contributed by atoms with Gasteiger partial charge in [0, 0.05) is 50.9 Å². The maximum Gasteiger partial charge on any atom is 0.295 e. The first-order valence-electron chi connectivity index (χ1n) is 10.6. The van der Waals surface area contributed by atoms with Gasteiger partial charge in [-0.05, 0) is 25.2 Å². The summed E-state index contributed by atoms with van der Waals surface area (Å²) in [4.78, 5) is 27.7. The van der Waals surface area contributed by atoms with Crippen molar-refractivity contribution in [2.45, 2.75) is 10.9 Å². The lowest BCUT2D eigenvalue weighted by atomic mass is 10.1. The topological polar surface area (TPSA) is 137 Å². The Labute approximate surface area is 192 Å². The van der Waals surface area contributed by atoms with E-state index in [0.717, 1.165) is 32.2 Å². The van der Waals surface area contributed by atoms with E-state index in [1.807, 2.05) is 4.72 Å². The second kappa shape index (κ2) is 9.33. The van der Waals surface area contributed by atoms with Crippen molar-refractivity contribution in [3.8, 4) is 0 Å². The molecule has 0 radical (unpaired) electrons. The number of anilines is 2. The minimum Gasteiger partial charge on any atom is -0.381 e. The summed E-state index contributed by atoms with van der Waals surface area (Å²) >= 11 is 0. The monoisotopic (exact) mass is 474 g/mol. The van der Waals surface area contributed by atoms with Crippen LogP contribution in [-0.4, -0.2) is 81.4 Å². The van der Waals surface area contributed by atoms with E-state index in [1.54, 1.807) is 18.2 Å². The fourth-order valence-corrected chi connectivity index (χ4v) is 4.98. The van der Waals surface area contributed by atoms with Crippen LogP contribution in [0.1, 0.15) is 10.4 Å². The van der Waals surface area contributed by atoms with Gasteiger partial charge in [0.1, 0.15) is 5.69 Å². The van der Waals surface area contributed by atoms with Crippen LogP contribution in [0, 0.1) is 10.1 Å². The zero-order valence-electron chi connectivity index (χ0n) is 18.2. The number of sulfonamides is 1. The van der Waals surface area contributed by atoms with E-state index in [1.165, 1.54) is 18.2 Å². The van der Waals surface area contributed by atoms with Crippen LogP contribution in [0.4, 0.5) is 17.1 Å². The number of rotatable bonds is 6. The summed E-state index contributed by atoms with van der Waals surface area (Å²) in [6.07, 6.45) is 0. The lowest BCUT2D eigenvalue weighted by Gasteiger charge is -2.36. The van der Waals surface area contributed by atoms with E-state index in [0.29, 0.717) is 18.8 Å². The number of nitrogens with one attached hydrogen (secondary N) is 3. The first-order valence-corrected chi connectivity index (χ1v) is 12.1. The van der Waals surface area contributed by atoms with Gasteiger partial charge in [0.05, 0.1) is 21.5 Å². The van der Waals surface area contributed by atoms with E-state index in [9.17, 15) is 23.3 Å². The highest BCUT2D eigenvalue weighted by Gasteiger charge is 2.31. The van der Waals surface area contributed by atoms with Crippen molar-refractivity contribution in [2.75, 3.05) is 56.9 Å². The number of fused-ring (bicyclic) bond motifs is 1. The number of likely N-dealkylation sites (N-methyl/N-ethyl adjacent to an activating group) is 1. The SMILES string of the molecule is CN1CCN(CC2CNc3cc(S(=O)(=O)NC(=O)c4ccccc4)cc([N+](=O)[O-])c3N2)CC1. The molecule has 2 heterocycles. The van der Waals surface area contributed by atoms with Crippen LogP contribution in [0.5, 0.6) is 0 Å². The molecule has 11 nitrogen and oxygen atoms in total. The number of carbonyl (C=O) groups excluding carboxylic acids is 1. The number of benzene rings is 2. The average molecular weight is 475 g/mol. The highest BCUT2D eigenvalue weighted by Crippen LogP contribution is 2.38. The number of piperazine rings is 1. The van der Waals surface area contributed by atoms with Crippen molar-refractivity contribution in [3.05, 3.63) is 58.1 Å². The summed E-state index contributed by atoms with van der Waals surface area (Å²) in [5.41, 5.74) is 0.362. The Bertz CT molecular complexity index is 1150. The highest BCUT2D eigenvalue weighted by atomic mass is 32.2. The van der Waals surface area contributed by atoms with Crippen molar-refractivity contribution in [1.82, 2.24) is 14.5 Å². The molecule has 4 rings (SSSR count). The summed E-state index contributed by atoms with van der Waals surface area (Å²) < 4.78 is 27.6.